The number of fused-ring (bicyclic) bond motifs is 1. The third-order valence-corrected chi connectivity index (χ3v) is 2.45. The number of aliphatic imine (C=N–C) groups is 1. The van der Waals surface area contributed by atoms with Crippen LogP contribution in [0.1, 0.15) is 11.6 Å². The van der Waals surface area contributed by atoms with E-state index < -0.39 is 12.0 Å². The number of aliphatic carboxylic acids is 1. The van der Waals surface area contributed by atoms with E-state index in [1.54, 1.807) is 30.5 Å². The van der Waals surface area contributed by atoms with Crippen LogP contribution in [0.15, 0.2) is 41.5 Å². The molecule has 6 nitrogen and oxygen atoms in total. The Hall–Kier alpha value is -2.63. The van der Waals surface area contributed by atoms with Crippen molar-refractivity contribution in [2.45, 2.75) is 6.04 Å². The maximum Gasteiger partial charge on any atom is 0.333 e. The molecule has 0 radical (unpaired) electrons. The van der Waals surface area contributed by atoms with Crippen LogP contribution >= 0.6 is 0 Å². The van der Waals surface area contributed by atoms with Gasteiger partial charge in [-0.1, -0.05) is 12.1 Å². The minimum Gasteiger partial charge on any atom is -0.479 e. The van der Waals surface area contributed by atoms with E-state index in [1.807, 2.05) is 6.07 Å². The predicted octanol–water partition coefficient (Wildman–Crippen LogP) is 0.634. The summed E-state index contributed by atoms with van der Waals surface area (Å²) in [5.74, 6) is -1.36. The highest BCUT2D eigenvalue weighted by Gasteiger charge is 2.19. The molecule has 5 N–H and O–H groups in total. The molecule has 0 fully saturated rings. The van der Waals surface area contributed by atoms with Crippen molar-refractivity contribution in [3.8, 4) is 0 Å². The molecule has 1 heterocycles. The van der Waals surface area contributed by atoms with E-state index >= 15 is 0 Å². The number of hydrogen-bond donors (Lipinski definition) is 3. The molecule has 0 amide bonds. The Kier molecular flexibility index (Phi) is 3.09. The van der Waals surface area contributed by atoms with Crippen LogP contribution in [0.25, 0.3) is 10.9 Å². The van der Waals surface area contributed by atoms with Crippen molar-refractivity contribution < 1.29 is 9.90 Å². The molecule has 0 spiro atoms. The van der Waals surface area contributed by atoms with E-state index in [0.29, 0.717) is 5.56 Å². The normalized spacial score (nSPS) is 12.0. The molecule has 2 rings (SSSR count). The quantitative estimate of drug-likeness (QED) is 0.541. The summed E-state index contributed by atoms with van der Waals surface area (Å²) in [6.45, 7) is 0. The number of benzene rings is 1. The first-order valence-electron chi connectivity index (χ1n) is 5.24. The third-order valence-electron chi connectivity index (χ3n) is 2.45. The molecule has 1 aromatic carbocycles. The van der Waals surface area contributed by atoms with E-state index in [-0.39, 0.29) is 5.96 Å². The van der Waals surface area contributed by atoms with Crippen LogP contribution in [-0.4, -0.2) is 22.0 Å². The number of carboxylic acid groups (broad SMARTS) is 1. The average Bonchev–Trinajstić information content (AvgIpc) is 2.35. The Morgan fingerprint density at radius 2 is 2.11 bits per heavy atom. The van der Waals surface area contributed by atoms with E-state index in [1.165, 1.54) is 0 Å². The first-order valence-corrected chi connectivity index (χ1v) is 5.24. The van der Waals surface area contributed by atoms with Gasteiger partial charge in [0.1, 0.15) is 0 Å². The summed E-state index contributed by atoms with van der Waals surface area (Å²) in [5, 5.41) is 9.95. The highest BCUT2D eigenvalue weighted by molar-refractivity contribution is 5.85. The van der Waals surface area contributed by atoms with Crippen molar-refractivity contribution in [1.82, 2.24) is 4.98 Å². The molecule has 0 aliphatic carbocycles. The third kappa shape index (κ3) is 2.37. The lowest BCUT2D eigenvalue weighted by Gasteiger charge is -2.09. The lowest BCUT2D eigenvalue weighted by atomic mass is 10.0. The number of nitrogens with zero attached hydrogens (tertiary/aromatic N) is 2. The van der Waals surface area contributed by atoms with Gasteiger partial charge in [-0.2, -0.15) is 0 Å². The van der Waals surface area contributed by atoms with E-state index in [2.05, 4.69) is 9.98 Å². The van der Waals surface area contributed by atoms with Gasteiger partial charge in [-0.15, -0.1) is 0 Å². The molecular formula is C12H12N4O2. The van der Waals surface area contributed by atoms with Gasteiger partial charge >= 0.3 is 5.97 Å². The Bertz CT molecular complexity index is 620. The summed E-state index contributed by atoms with van der Waals surface area (Å²) in [5.41, 5.74) is 11.8. The fourth-order valence-corrected chi connectivity index (χ4v) is 1.69. The molecule has 2 aromatic rings. The van der Waals surface area contributed by atoms with Gasteiger partial charge in [0, 0.05) is 11.6 Å². The summed E-state index contributed by atoms with van der Waals surface area (Å²) in [7, 11) is 0. The molecule has 0 aliphatic rings. The zero-order valence-electron chi connectivity index (χ0n) is 9.45. The standard InChI is InChI=1S/C12H12N4O2/c13-12(14)16-10(11(17)18)8-3-4-9-7(6-8)2-1-5-15-9/h1-6,10H,(H,17,18)(H4,13,14,16). The second-order valence-corrected chi connectivity index (χ2v) is 3.75. The number of aromatic nitrogens is 1. The molecule has 92 valence electrons. The number of rotatable bonds is 3. The Labute approximate surface area is 103 Å². The molecule has 0 saturated carbocycles. The summed E-state index contributed by atoms with van der Waals surface area (Å²) >= 11 is 0. The van der Waals surface area contributed by atoms with Crippen LogP contribution < -0.4 is 11.5 Å². The van der Waals surface area contributed by atoms with Gasteiger partial charge < -0.3 is 16.6 Å². The lowest BCUT2D eigenvalue weighted by molar-refractivity contribution is -0.138. The van der Waals surface area contributed by atoms with E-state index in [9.17, 15) is 4.79 Å². The summed E-state index contributed by atoms with van der Waals surface area (Å²) in [6.07, 6.45) is 1.67. The molecule has 0 aliphatic heterocycles. The van der Waals surface area contributed by atoms with Gasteiger partial charge in [-0.25, -0.2) is 9.79 Å². The van der Waals surface area contributed by atoms with Crippen molar-refractivity contribution in [3.05, 3.63) is 42.1 Å². The van der Waals surface area contributed by atoms with Crippen LogP contribution in [0.4, 0.5) is 0 Å². The maximum absolute atomic E-state index is 11.1. The minimum atomic E-state index is -1.10. The van der Waals surface area contributed by atoms with Gasteiger partial charge in [-0.05, 0) is 23.8 Å². The summed E-state index contributed by atoms with van der Waals surface area (Å²) in [6, 6.07) is 7.64. The SMILES string of the molecule is NC(N)=NC(C(=O)O)c1ccc2ncccc2c1. The van der Waals surface area contributed by atoms with Crippen molar-refractivity contribution in [2.75, 3.05) is 0 Å². The van der Waals surface area contributed by atoms with Gasteiger partial charge in [0.25, 0.3) is 0 Å². The maximum atomic E-state index is 11.1. The number of hydrogen-bond acceptors (Lipinski definition) is 3. The molecule has 18 heavy (non-hydrogen) atoms. The van der Waals surface area contributed by atoms with Gasteiger partial charge in [0.15, 0.2) is 12.0 Å². The van der Waals surface area contributed by atoms with Crippen molar-refractivity contribution in [3.63, 3.8) is 0 Å². The number of carbonyl (C=O) groups is 1. The van der Waals surface area contributed by atoms with Crippen molar-refractivity contribution in [1.29, 1.82) is 0 Å². The number of pyridine rings is 1. The fourth-order valence-electron chi connectivity index (χ4n) is 1.69. The Balaban J connectivity index is 2.51. The summed E-state index contributed by atoms with van der Waals surface area (Å²) in [4.78, 5) is 19.0. The van der Waals surface area contributed by atoms with Gasteiger partial charge in [-0.3, -0.25) is 4.98 Å². The van der Waals surface area contributed by atoms with Crippen molar-refractivity contribution >= 4 is 22.8 Å². The zero-order valence-corrected chi connectivity index (χ0v) is 9.45. The lowest BCUT2D eigenvalue weighted by Crippen LogP contribution is -2.25. The van der Waals surface area contributed by atoms with Gasteiger partial charge in [0.2, 0.25) is 0 Å². The first kappa shape index (κ1) is 11.8. The van der Waals surface area contributed by atoms with E-state index in [4.69, 9.17) is 16.6 Å². The second-order valence-electron chi connectivity index (χ2n) is 3.75. The number of guanidine groups is 1. The van der Waals surface area contributed by atoms with Crippen molar-refractivity contribution in [2.24, 2.45) is 16.5 Å². The fraction of sp³-hybridized carbons (Fsp3) is 0.0833. The van der Waals surface area contributed by atoms with Crippen LogP contribution in [0.5, 0.6) is 0 Å². The monoisotopic (exact) mass is 244 g/mol. The average molecular weight is 244 g/mol. The van der Waals surface area contributed by atoms with Crippen LogP contribution in [-0.2, 0) is 4.79 Å². The molecule has 1 unspecified atom stereocenters. The highest BCUT2D eigenvalue weighted by atomic mass is 16.4. The number of nitrogens with two attached hydrogens (primary N) is 2. The van der Waals surface area contributed by atoms with Gasteiger partial charge in [0.05, 0.1) is 5.52 Å². The van der Waals surface area contributed by atoms with Crippen LogP contribution in [0.2, 0.25) is 0 Å². The van der Waals surface area contributed by atoms with Crippen LogP contribution in [0, 0.1) is 0 Å². The Morgan fingerprint density at radius 3 is 2.78 bits per heavy atom. The minimum absolute atomic E-state index is 0.256. The first-order chi connectivity index (χ1) is 8.58. The largest absolute Gasteiger partial charge is 0.479 e. The molecule has 1 aromatic heterocycles. The molecule has 0 bridgehead atoms. The second kappa shape index (κ2) is 4.70. The Morgan fingerprint density at radius 1 is 1.33 bits per heavy atom. The topological polar surface area (TPSA) is 115 Å². The highest BCUT2D eigenvalue weighted by Crippen LogP contribution is 2.22. The van der Waals surface area contributed by atoms with E-state index in [0.717, 1.165) is 10.9 Å². The molecule has 0 saturated heterocycles. The molecule has 6 heteroatoms. The summed E-state index contributed by atoms with van der Waals surface area (Å²) < 4.78 is 0. The smallest absolute Gasteiger partial charge is 0.333 e. The number of carboxylic acids is 1. The predicted molar refractivity (Wildman–Crippen MR) is 67.9 cm³/mol. The van der Waals surface area contributed by atoms with Crippen LogP contribution in [0.3, 0.4) is 0 Å². The zero-order chi connectivity index (χ0) is 13.1. The molecule has 1 atom stereocenters. The molecular weight excluding hydrogens is 232 g/mol.